The molecule has 2 atom stereocenters. The molecule has 0 saturated heterocycles. The van der Waals surface area contributed by atoms with Gasteiger partial charge in [-0.05, 0) is 22.8 Å². The van der Waals surface area contributed by atoms with Gasteiger partial charge < -0.3 is 0 Å². The molecule has 0 spiro atoms. The summed E-state index contributed by atoms with van der Waals surface area (Å²) in [5, 5.41) is 0.407. The molecule has 0 amide bonds. The van der Waals surface area contributed by atoms with E-state index in [4.69, 9.17) is 0 Å². The summed E-state index contributed by atoms with van der Waals surface area (Å²) >= 11 is 1.90. The fraction of sp³-hybridized carbons (Fsp3) is 0.118. The van der Waals surface area contributed by atoms with Gasteiger partial charge >= 0.3 is 0 Å². The Labute approximate surface area is 116 Å². The van der Waals surface area contributed by atoms with E-state index in [9.17, 15) is 4.79 Å². The molecule has 0 radical (unpaired) electrons. The van der Waals surface area contributed by atoms with Gasteiger partial charge in [-0.2, -0.15) is 0 Å². The molecule has 0 saturated carbocycles. The lowest BCUT2D eigenvalue weighted by Crippen LogP contribution is -2.13. The normalized spacial score (nSPS) is 30.2. The van der Waals surface area contributed by atoms with Crippen molar-refractivity contribution in [3.8, 4) is 0 Å². The van der Waals surface area contributed by atoms with Crippen LogP contribution < -0.4 is 0 Å². The molecule has 0 bridgehead atoms. The summed E-state index contributed by atoms with van der Waals surface area (Å²) in [6, 6.07) is 0. The molecule has 0 aromatic rings. The van der Waals surface area contributed by atoms with E-state index in [0.717, 1.165) is 11.9 Å². The smallest absolute Gasteiger partial charge is 0.146 e. The van der Waals surface area contributed by atoms with Crippen LogP contribution in [0.25, 0.3) is 0 Å². The number of thioether (sulfide) groups is 1. The predicted molar refractivity (Wildman–Crippen MR) is 79.6 cm³/mol. The van der Waals surface area contributed by atoms with Gasteiger partial charge in [0.25, 0.3) is 0 Å². The summed E-state index contributed by atoms with van der Waals surface area (Å²) in [5.41, 5.74) is 4.71. The number of rotatable bonds is 1. The number of hydrogen-bond acceptors (Lipinski definition) is 2. The van der Waals surface area contributed by atoms with Gasteiger partial charge in [-0.25, -0.2) is 0 Å². The van der Waals surface area contributed by atoms with Crippen molar-refractivity contribution in [2.45, 2.75) is 5.25 Å². The van der Waals surface area contributed by atoms with Crippen LogP contribution in [0.1, 0.15) is 0 Å². The number of fused-ring (bicyclic) bond motifs is 3. The molecule has 4 rings (SSSR count). The van der Waals surface area contributed by atoms with Crippen molar-refractivity contribution >= 4 is 18.0 Å². The second-order valence-corrected chi connectivity index (χ2v) is 6.07. The van der Waals surface area contributed by atoms with Crippen molar-refractivity contribution in [2.75, 3.05) is 0 Å². The largest absolute Gasteiger partial charge is 0.298 e. The SMILES string of the molecule is O=CC1=CC2=C3C=CC=CC3SC2=C2C=CC=CC12. The molecular weight excluding hydrogens is 252 g/mol. The van der Waals surface area contributed by atoms with Gasteiger partial charge in [0, 0.05) is 16.4 Å². The van der Waals surface area contributed by atoms with E-state index in [1.807, 2.05) is 17.8 Å². The standard InChI is InChI=1S/C17H12OS/c18-10-11-9-15-13-6-3-4-8-16(13)19-17(15)14-7-2-1-5-12(11)14/h1-10,12,16H. The summed E-state index contributed by atoms with van der Waals surface area (Å²) in [6.07, 6.45) is 20.0. The van der Waals surface area contributed by atoms with Crippen molar-refractivity contribution in [1.29, 1.82) is 0 Å². The Morgan fingerprint density at radius 3 is 2.63 bits per heavy atom. The highest BCUT2D eigenvalue weighted by Crippen LogP contribution is 2.51. The topological polar surface area (TPSA) is 17.1 Å². The zero-order valence-electron chi connectivity index (χ0n) is 10.2. The Kier molecular flexibility index (Phi) is 2.39. The van der Waals surface area contributed by atoms with Gasteiger partial charge in [-0.3, -0.25) is 4.79 Å². The van der Waals surface area contributed by atoms with Crippen molar-refractivity contribution in [3.63, 3.8) is 0 Å². The first-order valence-corrected chi connectivity index (χ1v) is 7.28. The van der Waals surface area contributed by atoms with Crippen LogP contribution in [-0.4, -0.2) is 11.5 Å². The molecule has 4 aliphatic rings. The molecule has 2 unspecified atom stereocenters. The third-order valence-corrected chi connectivity index (χ3v) is 5.23. The summed E-state index contributed by atoms with van der Waals surface area (Å²) in [7, 11) is 0. The molecule has 0 aromatic heterocycles. The van der Waals surface area contributed by atoms with Crippen LogP contribution in [0.3, 0.4) is 0 Å². The molecule has 3 aliphatic carbocycles. The molecule has 0 fully saturated rings. The van der Waals surface area contributed by atoms with E-state index in [-0.39, 0.29) is 5.92 Å². The second-order valence-electron chi connectivity index (χ2n) is 4.92. The summed E-state index contributed by atoms with van der Waals surface area (Å²) in [6.45, 7) is 0. The van der Waals surface area contributed by atoms with Gasteiger partial charge in [-0.1, -0.05) is 48.6 Å². The van der Waals surface area contributed by atoms with E-state index in [2.05, 4.69) is 48.6 Å². The number of hydrogen-bond donors (Lipinski definition) is 0. The zero-order valence-corrected chi connectivity index (χ0v) is 11.1. The van der Waals surface area contributed by atoms with Gasteiger partial charge in [0.2, 0.25) is 0 Å². The molecule has 1 nitrogen and oxygen atoms in total. The fourth-order valence-corrected chi connectivity index (χ4v) is 4.37. The maximum Gasteiger partial charge on any atom is 0.146 e. The molecule has 19 heavy (non-hydrogen) atoms. The minimum Gasteiger partial charge on any atom is -0.298 e. The van der Waals surface area contributed by atoms with Crippen LogP contribution in [0, 0.1) is 5.92 Å². The Morgan fingerprint density at radius 1 is 1.00 bits per heavy atom. The lowest BCUT2D eigenvalue weighted by Gasteiger charge is -2.24. The van der Waals surface area contributed by atoms with Crippen LogP contribution in [-0.2, 0) is 4.79 Å². The van der Waals surface area contributed by atoms with Crippen LogP contribution in [0.15, 0.2) is 81.9 Å². The first-order chi connectivity index (χ1) is 9.38. The van der Waals surface area contributed by atoms with Crippen LogP contribution >= 0.6 is 11.8 Å². The average molecular weight is 264 g/mol. The van der Waals surface area contributed by atoms with E-state index < -0.39 is 0 Å². The van der Waals surface area contributed by atoms with Crippen molar-refractivity contribution in [1.82, 2.24) is 0 Å². The highest BCUT2D eigenvalue weighted by molar-refractivity contribution is 8.04. The maximum absolute atomic E-state index is 11.4. The molecular formula is C17H12OS. The van der Waals surface area contributed by atoms with E-state index in [1.54, 1.807) is 0 Å². The Morgan fingerprint density at radius 2 is 1.79 bits per heavy atom. The minimum atomic E-state index is 0.141. The minimum absolute atomic E-state index is 0.141. The highest BCUT2D eigenvalue weighted by atomic mass is 32.2. The molecule has 0 N–H and O–H groups in total. The summed E-state index contributed by atoms with van der Waals surface area (Å²) in [4.78, 5) is 12.7. The third-order valence-electron chi connectivity index (χ3n) is 3.87. The molecule has 0 aromatic carbocycles. The Bertz CT molecular complexity index is 680. The molecule has 1 heterocycles. The fourth-order valence-electron chi connectivity index (χ4n) is 2.98. The zero-order chi connectivity index (χ0) is 12.8. The van der Waals surface area contributed by atoms with Crippen LogP contribution in [0.5, 0.6) is 0 Å². The summed E-state index contributed by atoms with van der Waals surface area (Å²) in [5.74, 6) is 0.141. The number of carbonyl (C=O) groups excluding carboxylic acids is 1. The van der Waals surface area contributed by atoms with E-state index in [1.165, 1.54) is 21.6 Å². The van der Waals surface area contributed by atoms with Gasteiger partial charge in [0.1, 0.15) is 6.29 Å². The third kappa shape index (κ3) is 1.53. The molecule has 92 valence electrons. The number of carbonyl (C=O) groups is 1. The highest BCUT2D eigenvalue weighted by Gasteiger charge is 2.34. The Hall–Kier alpha value is -1.80. The quantitative estimate of drug-likeness (QED) is 0.672. The van der Waals surface area contributed by atoms with Crippen LogP contribution in [0.2, 0.25) is 0 Å². The average Bonchev–Trinajstić information content (AvgIpc) is 2.85. The van der Waals surface area contributed by atoms with Gasteiger partial charge in [-0.15, -0.1) is 11.8 Å². The lowest BCUT2D eigenvalue weighted by molar-refractivity contribution is -0.105. The number of aldehydes is 1. The van der Waals surface area contributed by atoms with Crippen molar-refractivity contribution in [2.24, 2.45) is 5.92 Å². The van der Waals surface area contributed by atoms with Gasteiger partial charge in [0.15, 0.2) is 0 Å². The van der Waals surface area contributed by atoms with Crippen molar-refractivity contribution in [3.05, 3.63) is 81.9 Å². The van der Waals surface area contributed by atoms with E-state index in [0.29, 0.717) is 5.25 Å². The summed E-state index contributed by atoms with van der Waals surface area (Å²) < 4.78 is 0. The number of allylic oxidation sites excluding steroid dienone is 11. The maximum atomic E-state index is 11.4. The predicted octanol–water partition coefficient (Wildman–Crippen LogP) is 3.66. The monoisotopic (exact) mass is 264 g/mol. The Balaban J connectivity index is 1.96. The van der Waals surface area contributed by atoms with Crippen LogP contribution in [0.4, 0.5) is 0 Å². The van der Waals surface area contributed by atoms with Gasteiger partial charge in [0.05, 0.1) is 5.25 Å². The molecule has 1 aliphatic heterocycles. The molecule has 2 heteroatoms. The first kappa shape index (κ1) is 11.1. The van der Waals surface area contributed by atoms with Crippen molar-refractivity contribution < 1.29 is 4.79 Å². The first-order valence-electron chi connectivity index (χ1n) is 6.40. The lowest BCUT2D eigenvalue weighted by atomic mass is 9.81. The second kappa shape index (κ2) is 4.10. The van der Waals surface area contributed by atoms with E-state index >= 15 is 0 Å².